The van der Waals surface area contributed by atoms with Gasteiger partial charge in [-0.05, 0) is 25.4 Å². The van der Waals surface area contributed by atoms with Crippen LogP contribution in [0.15, 0.2) is 0 Å². The Morgan fingerprint density at radius 3 is 1.09 bits per heavy atom. The van der Waals surface area contributed by atoms with E-state index in [-0.39, 0.29) is 23.5 Å². The van der Waals surface area contributed by atoms with Crippen LogP contribution in [0, 0.1) is 15.5 Å². The lowest BCUT2D eigenvalue weighted by atomic mass is 9.72. The first-order chi connectivity index (χ1) is 16.2. The summed E-state index contributed by atoms with van der Waals surface area (Å²) < 4.78 is 0. The van der Waals surface area contributed by atoms with Crippen molar-refractivity contribution >= 4 is 26.6 Å². The minimum absolute atomic E-state index is 0.119. The fourth-order valence-electron chi connectivity index (χ4n) is 4.12. The van der Waals surface area contributed by atoms with Gasteiger partial charge in [0.25, 0.3) is 5.09 Å². The van der Waals surface area contributed by atoms with Crippen LogP contribution in [-0.4, -0.2) is 33.8 Å². The van der Waals surface area contributed by atoms with Crippen molar-refractivity contribution in [2.75, 3.05) is 6.16 Å². The Labute approximate surface area is 209 Å². The summed E-state index contributed by atoms with van der Waals surface area (Å²) in [5, 5.41) is 13.6. The molecule has 200 valence electrons. The van der Waals surface area contributed by atoms with Gasteiger partial charge < -0.3 is 5.21 Å². The summed E-state index contributed by atoms with van der Waals surface area (Å²) in [4.78, 5) is 48.0. The predicted octanol–water partition coefficient (Wildman–Crippen LogP) is 7.29. The molecule has 0 aliphatic heterocycles. The number of carbonyl (C=O) groups excluding carboxylic acids is 3. The van der Waals surface area contributed by atoms with Gasteiger partial charge in [-0.15, -0.1) is 19.4 Å². The van der Waals surface area contributed by atoms with E-state index in [1.54, 1.807) is 0 Å². The molecule has 1 N–H and O–H groups in total. The minimum Gasteiger partial charge on any atom is -0.328 e. The molecule has 0 heterocycles. The Kier molecular flexibility index (Phi) is 23.9. The Morgan fingerprint density at radius 2 is 0.882 bits per heavy atom. The van der Waals surface area contributed by atoms with E-state index in [0.29, 0.717) is 19.3 Å². The summed E-state index contributed by atoms with van der Waals surface area (Å²) in [6.07, 6.45) is 17.1. The van der Waals surface area contributed by atoms with Crippen molar-refractivity contribution in [3.8, 4) is 0 Å². The van der Waals surface area contributed by atoms with E-state index >= 15 is 0 Å². The minimum atomic E-state index is -1.50. The van der Waals surface area contributed by atoms with E-state index in [0.717, 1.165) is 77.0 Å². The highest BCUT2D eigenvalue weighted by atomic mass is 31.0. The second-order valence-corrected chi connectivity index (χ2v) is 9.52. The zero-order valence-electron chi connectivity index (χ0n) is 21.9. The molecule has 34 heavy (non-hydrogen) atoms. The van der Waals surface area contributed by atoms with Crippen molar-refractivity contribution in [3.63, 3.8) is 0 Å². The third kappa shape index (κ3) is 16.3. The normalized spacial score (nSPS) is 10.9. The van der Waals surface area contributed by atoms with Crippen LogP contribution in [0.2, 0.25) is 0 Å². The van der Waals surface area contributed by atoms with Crippen LogP contribution in [-0.2, 0) is 14.4 Å². The van der Waals surface area contributed by atoms with Gasteiger partial charge in [-0.2, -0.15) is 0 Å². The topological polar surface area (TPSA) is 115 Å². The van der Waals surface area contributed by atoms with Crippen molar-refractivity contribution in [1.29, 1.82) is 0 Å². The fraction of sp³-hybridized carbons (Fsp3) is 0.885. The number of Topliss-reactive ketones (excluding diaryl/α,β-unsaturated/α-hetero) is 3. The monoisotopic (exact) mass is 503 g/mol. The number of carbonyl (C=O) groups is 3. The molecule has 0 rings (SSSR count). The van der Waals surface area contributed by atoms with Crippen LogP contribution in [0.4, 0.5) is 0 Å². The van der Waals surface area contributed by atoms with E-state index in [4.69, 9.17) is 15.3 Å². The molecule has 0 spiro atoms. The molecule has 0 aromatic heterocycles. The molecule has 0 amide bonds. The zero-order valence-corrected chi connectivity index (χ0v) is 23.1. The third-order valence-corrected chi connectivity index (χ3v) is 6.87. The van der Waals surface area contributed by atoms with Crippen molar-refractivity contribution in [2.24, 2.45) is 5.41 Å². The molecule has 0 aromatic carbocycles. The maximum atomic E-state index is 13.2. The number of unbranched alkanes of at least 4 members (excludes halogenated alkanes) is 12. The molecule has 0 bridgehead atoms. The molecule has 7 nitrogen and oxygen atoms in total. The van der Waals surface area contributed by atoms with Crippen molar-refractivity contribution < 1.29 is 24.7 Å². The fourth-order valence-corrected chi connectivity index (χ4v) is 4.80. The molecule has 1 unspecified atom stereocenters. The van der Waals surface area contributed by atoms with Crippen LogP contribution in [0.25, 0.3) is 0 Å². The first-order valence-corrected chi connectivity index (χ1v) is 14.2. The number of nitrogens with zero attached hydrogens (tertiary/aromatic N) is 1. The summed E-state index contributed by atoms with van der Waals surface area (Å²) in [5.74, 6) is -0.358. The number of hydrogen-bond donors (Lipinski definition) is 1. The van der Waals surface area contributed by atoms with E-state index < -0.39 is 10.5 Å². The van der Waals surface area contributed by atoms with Gasteiger partial charge in [0.1, 0.15) is 5.41 Å². The Hall–Kier alpha value is -1.36. The number of hydrogen-bond acceptors (Lipinski definition) is 5. The first-order valence-electron chi connectivity index (χ1n) is 13.4. The third-order valence-electron chi connectivity index (χ3n) is 6.26. The maximum Gasteiger partial charge on any atom is 0.291 e. The number of rotatable bonds is 22. The average molecular weight is 504 g/mol. The Balaban J connectivity index is 0. The molecule has 0 radical (unpaired) electrons. The molecule has 0 aliphatic rings. The molecule has 0 aromatic rings. The summed E-state index contributed by atoms with van der Waals surface area (Å²) in [5.41, 5.74) is -1.40. The highest BCUT2D eigenvalue weighted by Gasteiger charge is 2.48. The first kappa shape index (κ1) is 34.8. The predicted molar refractivity (Wildman–Crippen MR) is 141 cm³/mol. The second-order valence-electron chi connectivity index (χ2n) is 9.11. The Morgan fingerprint density at radius 1 is 0.647 bits per heavy atom. The van der Waals surface area contributed by atoms with Crippen molar-refractivity contribution in [1.82, 2.24) is 0 Å². The lowest BCUT2D eigenvalue weighted by molar-refractivity contribution is -0.742. The van der Waals surface area contributed by atoms with Crippen LogP contribution < -0.4 is 0 Å². The van der Waals surface area contributed by atoms with E-state index in [1.807, 2.05) is 0 Å². The van der Waals surface area contributed by atoms with Gasteiger partial charge in [0.2, 0.25) is 0 Å². The van der Waals surface area contributed by atoms with E-state index in [2.05, 4.69) is 30.0 Å². The molecular formula is C26H50NO6P. The van der Waals surface area contributed by atoms with Gasteiger partial charge >= 0.3 is 0 Å². The summed E-state index contributed by atoms with van der Waals surface area (Å²) in [6.45, 7) is 6.51. The maximum absolute atomic E-state index is 13.2. The molecule has 0 aliphatic carbocycles. The largest absolute Gasteiger partial charge is 0.328 e. The summed E-state index contributed by atoms with van der Waals surface area (Å²) in [7, 11) is 2.55. The quantitative estimate of drug-likeness (QED) is 0.0545. The van der Waals surface area contributed by atoms with Crippen LogP contribution in [0.1, 0.15) is 136 Å². The van der Waals surface area contributed by atoms with Gasteiger partial charge in [0, 0.05) is 19.3 Å². The van der Waals surface area contributed by atoms with Gasteiger partial charge in [-0.25, -0.2) is 0 Å². The lowest BCUT2D eigenvalue weighted by Gasteiger charge is -2.29. The smallest absolute Gasteiger partial charge is 0.291 e. The molecular weight excluding hydrogens is 453 g/mol. The van der Waals surface area contributed by atoms with Crippen molar-refractivity contribution in [2.45, 2.75) is 136 Å². The van der Waals surface area contributed by atoms with E-state index in [9.17, 15) is 14.4 Å². The van der Waals surface area contributed by atoms with Gasteiger partial charge in [0.15, 0.2) is 17.3 Å². The van der Waals surface area contributed by atoms with Crippen LogP contribution in [0.5, 0.6) is 0 Å². The van der Waals surface area contributed by atoms with Gasteiger partial charge in [0.05, 0.1) is 0 Å². The number of ketones is 3. The SMILES string of the molecule is CCCCCCCC(=O)C(CP)(C(=O)CCCCCCC)C(=O)CCCCCCC.O=[N+]([O-])O. The van der Waals surface area contributed by atoms with E-state index in [1.165, 1.54) is 19.3 Å². The highest BCUT2D eigenvalue weighted by molar-refractivity contribution is 7.17. The summed E-state index contributed by atoms with van der Waals surface area (Å²) in [6, 6.07) is 0. The molecule has 8 heteroatoms. The Bertz CT molecular complexity index is 499. The lowest BCUT2D eigenvalue weighted by Crippen LogP contribution is -2.48. The van der Waals surface area contributed by atoms with Crippen molar-refractivity contribution in [3.05, 3.63) is 10.1 Å². The standard InChI is InChI=1S/C26H49O3P.HNO3/c1-4-7-10-13-16-19-23(27)26(22-30,24(28)20-17-14-11-8-5-2)25(29)21-18-15-12-9-6-3;2-1(3)4/h4-22,30H2,1-3H3;(H,2,3,4). The molecule has 0 saturated heterocycles. The average Bonchev–Trinajstić information content (AvgIpc) is 2.79. The zero-order chi connectivity index (χ0) is 26.2. The molecule has 1 atom stereocenters. The van der Waals surface area contributed by atoms with Crippen LogP contribution >= 0.6 is 9.24 Å². The molecule has 0 saturated carbocycles. The highest BCUT2D eigenvalue weighted by Crippen LogP contribution is 2.32. The van der Waals surface area contributed by atoms with Crippen LogP contribution in [0.3, 0.4) is 0 Å². The van der Waals surface area contributed by atoms with Gasteiger partial charge in [-0.1, -0.05) is 97.8 Å². The van der Waals surface area contributed by atoms with Gasteiger partial charge in [-0.3, -0.25) is 14.4 Å². The second kappa shape index (κ2) is 23.4. The summed E-state index contributed by atoms with van der Waals surface area (Å²) >= 11 is 0. The molecule has 0 fully saturated rings.